The number of amides is 1. The summed E-state index contributed by atoms with van der Waals surface area (Å²) in [5.41, 5.74) is 0.514. The van der Waals surface area contributed by atoms with Crippen LogP contribution in [-0.4, -0.2) is 28.4 Å². The van der Waals surface area contributed by atoms with Gasteiger partial charge in [-0.1, -0.05) is 25.1 Å². The molecule has 4 nitrogen and oxygen atoms in total. The van der Waals surface area contributed by atoms with Gasteiger partial charge in [-0.2, -0.15) is 0 Å². The molecule has 1 fully saturated rings. The van der Waals surface area contributed by atoms with Gasteiger partial charge in [0.2, 0.25) is 0 Å². The monoisotopic (exact) mass is 333 g/mol. The molecule has 23 heavy (non-hydrogen) atoms. The molecule has 1 amide bonds. The molecule has 1 saturated heterocycles. The molecule has 0 spiro atoms. The van der Waals surface area contributed by atoms with Crippen molar-refractivity contribution in [1.29, 1.82) is 0 Å². The van der Waals surface area contributed by atoms with Crippen LogP contribution in [0, 0.1) is 11.7 Å². The Hall–Kier alpha value is -2.21. The predicted octanol–water partition coefficient (Wildman–Crippen LogP) is 3.81. The Bertz CT molecular complexity index is 758. The standard InChI is InChI=1S/C17H16FNO3S/c1-10-8-13(11-4-2-3-5-12(11)18)19(9-10)16(20)14-6-7-15(23-14)17(21)22/h2-7,10,13H,8-9H2,1H3,(H,21,22). The van der Waals surface area contributed by atoms with E-state index >= 15 is 0 Å². The van der Waals surface area contributed by atoms with Gasteiger partial charge in [-0.05, 0) is 30.5 Å². The van der Waals surface area contributed by atoms with Crippen molar-refractivity contribution < 1.29 is 19.1 Å². The van der Waals surface area contributed by atoms with E-state index in [1.165, 1.54) is 18.2 Å². The summed E-state index contributed by atoms with van der Waals surface area (Å²) in [7, 11) is 0. The lowest BCUT2D eigenvalue weighted by atomic mass is 10.0. The topological polar surface area (TPSA) is 57.6 Å². The van der Waals surface area contributed by atoms with Gasteiger partial charge in [0, 0.05) is 12.1 Å². The average molecular weight is 333 g/mol. The summed E-state index contributed by atoms with van der Waals surface area (Å²) in [5.74, 6) is -1.33. The molecule has 2 aromatic rings. The number of carbonyl (C=O) groups is 2. The molecule has 0 bridgehead atoms. The summed E-state index contributed by atoms with van der Waals surface area (Å²) in [6.07, 6.45) is 0.698. The maximum Gasteiger partial charge on any atom is 0.345 e. The first-order chi connectivity index (χ1) is 11.0. The summed E-state index contributed by atoms with van der Waals surface area (Å²) in [6, 6.07) is 9.13. The third kappa shape index (κ3) is 2.99. The van der Waals surface area contributed by atoms with Crippen molar-refractivity contribution in [3.63, 3.8) is 0 Å². The molecule has 2 unspecified atom stereocenters. The van der Waals surface area contributed by atoms with Gasteiger partial charge >= 0.3 is 5.97 Å². The van der Waals surface area contributed by atoms with Crippen molar-refractivity contribution >= 4 is 23.2 Å². The van der Waals surface area contributed by atoms with E-state index in [0.29, 0.717) is 23.4 Å². The minimum absolute atomic E-state index is 0.128. The number of hydrogen-bond donors (Lipinski definition) is 1. The molecule has 1 aromatic heterocycles. The van der Waals surface area contributed by atoms with Crippen LogP contribution in [0.1, 0.15) is 44.3 Å². The largest absolute Gasteiger partial charge is 0.477 e. The third-order valence-electron chi connectivity index (χ3n) is 4.06. The highest BCUT2D eigenvalue weighted by molar-refractivity contribution is 7.15. The maximum atomic E-state index is 14.1. The molecular formula is C17H16FNO3S. The van der Waals surface area contributed by atoms with Crippen LogP contribution in [0.2, 0.25) is 0 Å². The quantitative estimate of drug-likeness (QED) is 0.929. The molecule has 0 radical (unpaired) electrons. The Labute approximate surface area is 137 Å². The molecule has 2 heterocycles. The Morgan fingerprint density at radius 2 is 1.91 bits per heavy atom. The number of halogens is 1. The summed E-state index contributed by atoms with van der Waals surface area (Å²) in [5, 5.41) is 8.99. The number of carbonyl (C=O) groups excluding carboxylic acids is 1. The van der Waals surface area contributed by atoms with Crippen LogP contribution in [0.3, 0.4) is 0 Å². The molecule has 1 N–H and O–H groups in total. The number of thiophene rings is 1. The van der Waals surface area contributed by atoms with Crippen molar-refractivity contribution in [3.05, 3.63) is 57.5 Å². The lowest BCUT2D eigenvalue weighted by Gasteiger charge is -2.24. The molecule has 1 aliphatic heterocycles. The second kappa shape index (κ2) is 6.12. The highest BCUT2D eigenvalue weighted by atomic mass is 32.1. The van der Waals surface area contributed by atoms with Gasteiger partial charge in [0.05, 0.1) is 10.9 Å². The number of rotatable bonds is 3. The Morgan fingerprint density at radius 1 is 1.22 bits per heavy atom. The van der Waals surface area contributed by atoms with E-state index in [0.717, 1.165) is 11.3 Å². The molecule has 0 aliphatic carbocycles. The van der Waals surface area contributed by atoms with Crippen LogP contribution < -0.4 is 0 Å². The van der Waals surface area contributed by atoms with Gasteiger partial charge in [-0.3, -0.25) is 4.79 Å². The first kappa shape index (κ1) is 15.7. The second-order valence-electron chi connectivity index (χ2n) is 5.80. The molecule has 2 atom stereocenters. The van der Waals surface area contributed by atoms with Gasteiger partial charge in [0.15, 0.2) is 0 Å². The lowest BCUT2D eigenvalue weighted by Crippen LogP contribution is -2.30. The fourth-order valence-electron chi connectivity index (χ4n) is 3.02. The van der Waals surface area contributed by atoms with Gasteiger partial charge in [0.1, 0.15) is 10.7 Å². The van der Waals surface area contributed by atoms with Crippen LogP contribution in [0.25, 0.3) is 0 Å². The zero-order valence-corrected chi connectivity index (χ0v) is 13.3. The minimum atomic E-state index is -1.05. The smallest absolute Gasteiger partial charge is 0.345 e. The van der Waals surface area contributed by atoms with E-state index in [1.807, 2.05) is 6.92 Å². The Kier molecular flexibility index (Phi) is 4.17. The number of hydrogen-bond acceptors (Lipinski definition) is 3. The number of benzene rings is 1. The van der Waals surface area contributed by atoms with E-state index < -0.39 is 5.97 Å². The van der Waals surface area contributed by atoms with Crippen molar-refractivity contribution in [1.82, 2.24) is 4.90 Å². The van der Waals surface area contributed by atoms with Crippen LogP contribution in [0.5, 0.6) is 0 Å². The SMILES string of the molecule is CC1CC(c2ccccc2F)N(C(=O)c2ccc(C(=O)O)s2)C1. The van der Waals surface area contributed by atoms with Crippen LogP contribution in [-0.2, 0) is 0 Å². The van der Waals surface area contributed by atoms with Crippen molar-refractivity contribution in [2.45, 2.75) is 19.4 Å². The fourth-order valence-corrected chi connectivity index (χ4v) is 3.82. The highest BCUT2D eigenvalue weighted by Crippen LogP contribution is 2.38. The molecule has 1 aromatic carbocycles. The van der Waals surface area contributed by atoms with Crippen molar-refractivity contribution in [2.24, 2.45) is 5.92 Å². The summed E-state index contributed by atoms with van der Waals surface area (Å²) in [6.45, 7) is 2.57. The first-order valence-electron chi connectivity index (χ1n) is 7.36. The Morgan fingerprint density at radius 3 is 2.57 bits per heavy atom. The van der Waals surface area contributed by atoms with Gasteiger partial charge < -0.3 is 10.0 Å². The van der Waals surface area contributed by atoms with Crippen molar-refractivity contribution in [2.75, 3.05) is 6.54 Å². The number of likely N-dealkylation sites (tertiary alicyclic amines) is 1. The Balaban J connectivity index is 1.91. The van der Waals surface area contributed by atoms with Gasteiger partial charge in [-0.15, -0.1) is 11.3 Å². The predicted molar refractivity (Wildman–Crippen MR) is 85.2 cm³/mol. The summed E-state index contributed by atoms with van der Waals surface area (Å²) >= 11 is 0.954. The fraction of sp³-hybridized carbons (Fsp3) is 0.294. The van der Waals surface area contributed by atoms with E-state index in [9.17, 15) is 14.0 Å². The maximum absolute atomic E-state index is 14.1. The zero-order chi connectivity index (χ0) is 16.6. The van der Waals surface area contributed by atoms with E-state index in [1.54, 1.807) is 23.1 Å². The minimum Gasteiger partial charge on any atom is -0.477 e. The van der Waals surface area contributed by atoms with E-state index in [-0.39, 0.29) is 28.6 Å². The van der Waals surface area contributed by atoms with Crippen LogP contribution in [0.4, 0.5) is 4.39 Å². The number of nitrogens with zero attached hydrogens (tertiary/aromatic N) is 1. The normalized spacial score (nSPS) is 20.7. The zero-order valence-electron chi connectivity index (χ0n) is 12.5. The molecule has 120 valence electrons. The van der Waals surface area contributed by atoms with E-state index in [2.05, 4.69) is 0 Å². The molecule has 6 heteroatoms. The summed E-state index contributed by atoms with van der Waals surface area (Å²) in [4.78, 5) is 25.9. The van der Waals surface area contributed by atoms with Crippen LogP contribution in [0.15, 0.2) is 36.4 Å². The number of aromatic carboxylic acids is 1. The molecule has 0 saturated carbocycles. The average Bonchev–Trinajstić information content (AvgIpc) is 3.14. The molecule has 1 aliphatic rings. The van der Waals surface area contributed by atoms with Crippen LogP contribution >= 0.6 is 11.3 Å². The van der Waals surface area contributed by atoms with Gasteiger partial charge in [-0.25, -0.2) is 9.18 Å². The third-order valence-corrected chi connectivity index (χ3v) is 5.12. The first-order valence-corrected chi connectivity index (χ1v) is 8.17. The van der Waals surface area contributed by atoms with E-state index in [4.69, 9.17) is 5.11 Å². The highest BCUT2D eigenvalue weighted by Gasteiger charge is 2.36. The van der Waals surface area contributed by atoms with Gasteiger partial charge in [0.25, 0.3) is 5.91 Å². The molecular weight excluding hydrogens is 317 g/mol. The number of carboxylic acid groups (broad SMARTS) is 1. The summed E-state index contributed by atoms with van der Waals surface area (Å²) < 4.78 is 14.1. The molecule has 3 rings (SSSR count). The second-order valence-corrected chi connectivity index (χ2v) is 6.89. The number of carboxylic acids is 1. The van der Waals surface area contributed by atoms with Crippen molar-refractivity contribution in [3.8, 4) is 0 Å². The lowest BCUT2D eigenvalue weighted by molar-refractivity contribution is 0.0700.